The number of carbonyl (C=O) groups excluding carboxylic acids is 1. The Morgan fingerprint density at radius 2 is 2.10 bits per heavy atom. The minimum Gasteiger partial charge on any atom is -0.397 e. The molecular weight excluding hydrogens is 296 g/mol. The standard InChI is InChI=1S/C14H9F2N3OS/c15-7-3-4-10(9(16)6-7)19-13(20)12-11(17)8-2-1-5-18-14(8)21-12/h1-6H,17H2,(H,19,20). The van der Waals surface area contributed by atoms with Gasteiger partial charge in [-0.1, -0.05) is 0 Å². The SMILES string of the molecule is Nc1c(C(=O)Nc2ccc(F)cc2F)sc2ncccc12. The lowest BCUT2D eigenvalue weighted by Crippen LogP contribution is -2.13. The van der Waals surface area contributed by atoms with Gasteiger partial charge in [-0.2, -0.15) is 0 Å². The Hall–Kier alpha value is -2.54. The molecule has 1 aromatic carbocycles. The van der Waals surface area contributed by atoms with Crippen molar-refractivity contribution >= 4 is 38.8 Å². The number of rotatable bonds is 2. The monoisotopic (exact) mass is 305 g/mol. The second-order valence-electron chi connectivity index (χ2n) is 4.28. The second kappa shape index (κ2) is 5.10. The number of thiophene rings is 1. The first-order chi connectivity index (χ1) is 10.1. The van der Waals surface area contributed by atoms with Crippen LogP contribution in [0.5, 0.6) is 0 Å². The summed E-state index contributed by atoms with van der Waals surface area (Å²) in [5, 5.41) is 3.05. The first-order valence-corrected chi connectivity index (χ1v) is 6.77. The van der Waals surface area contributed by atoms with Crippen molar-refractivity contribution in [3.05, 3.63) is 53.0 Å². The minimum absolute atomic E-state index is 0.105. The quantitative estimate of drug-likeness (QED) is 0.762. The van der Waals surface area contributed by atoms with Crippen molar-refractivity contribution in [1.29, 1.82) is 0 Å². The molecule has 0 atom stereocenters. The van der Waals surface area contributed by atoms with E-state index in [1.54, 1.807) is 18.3 Å². The Morgan fingerprint density at radius 3 is 2.81 bits per heavy atom. The summed E-state index contributed by atoms with van der Waals surface area (Å²) in [6, 6.07) is 6.39. The molecule has 0 spiro atoms. The Balaban J connectivity index is 1.95. The molecular formula is C14H9F2N3OS. The van der Waals surface area contributed by atoms with E-state index in [1.807, 2.05) is 0 Å². The van der Waals surface area contributed by atoms with Crippen molar-refractivity contribution in [3.8, 4) is 0 Å². The summed E-state index contributed by atoms with van der Waals surface area (Å²) in [7, 11) is 0. The van der Waals surface area contributed by atoms with Crippen LogP contribution < -0.4 is 11.1 Å². The van der Waals surface area contributed by atoms with E-state index in [0.29, 0.717) is 22.0 Å². The lowest BCUT2D eigenvalue weighted by molar-refractivity contribution is 0.103. The number of nitrogen functional groups attached to an aromatic ring is 1. The molecule has 0 unspecified atom stereocenters. The summed E-state index contributed by atoms with van der Waals surface area (Å²) in [5.74, 6) is -2.11. The molecule has 21 heavy (non-hydrogen) atoms. The van der Waals surface area contributed by atoms with Gasteiger partial charge in [-0.05, 0) is 24.3 Å². The number of aromatic nitrogens is 1. The zero-order valence-corrected chi connectivity index (χ0v) is 11.4. The molecule has 1 amide bonds. The van der Waals surface area contributed by atoms with Crippen LogP contribution in [-0.2, 0) is 0 Å². The third-order valence-electron chi connectivity index (χ3n) is 2.89. The van der Waals surface area contributed by atoms with Crippen molar-refractivity contribution in [3.63, 3.8) is 0 Å². The van der Waals surface area contributed by atoms with Crippen LogP contribution >= 0.6 is 11.3 Å². The average molecular weight is 305 g/mol. The molecule has 7 heteroatoms. The summed E-state index contributed by atoms with van der Waals surface area (Å²) < 4.78 is 26.4. The molecule has 106 valence electrons. The number of nitrogens with zero attached hydrogens (tertiary/aromatic N) is 1. The fourth-order valence-electron chi connectivity index (χ4n) is 1.89. The van der Waals surface area contributed by atoms with Gasteiger partial charge in [0.2, 0.25) is 0 Å². The van der Waals surface area contributed by atoms with Gasteiger partial charge in [0.25, 0.3) is 5.91 Å². The van der Waals surface area contributed by atoms with Gasteiger partial charge in [-0.25, -0.2) is 13.8 Å². The lowest BCUT2D eigenvalue weighted by Gasteiger charge is -2.05. The number of benzene rings is 1. The van der Waals surface area contributed by atoms with E-state index >= 15 is 0 Å². The molecule has 0 radical (unpaired) electrons. The number of anilines is 2. The fourth-order valence-corrected chi connectivity index (χ4v) is 2.85. The van der Waals surface area contributed by atoms with E-state index in [1.165, 1.54) is 0 Å². The highest BCUT2D eigenvalue weighted by molar-refractivity contribution is 7.21. The summed E-state index contributed by atoms with van der Waals surface area (Å²) in [6.07, 6.45) is 1.60. The number of nitrogens with one attached hydrogen (secondary N) is 1. The van der Waals surface area contributed by atoms with Crippen LogP contribution in [0.3, 0.4) is 0 Å². The predicted molar refractivity (Wildman–Crippen MR) is 78.3 cm³/mol. The van der Waals surface area contributed by atoms with Crippen molar-refractivity contribution in [2.45, 2.75) is 0 Å². The van der Waals surface area contributed by atoms with Gasteiger partial charge in [0.15, 0.2) is 0 Å². The normalized spacial score (nSPS) is 10.8. The van der Waals surface area contributed by atoms with Crippen molar-refractivity contribution in [2.75, 3.05) is 11.1 Å². The molecule has 0 fully saturated rings. The van der Waals surface area contributed by atoms with Crippen LogP contribution in [0.4, 0.5) is 20.2 Å². The minimum atomic E-state index is -0.846. The number of carbonyl (C=O) groups is 1. The third kappa shape index (κ3) is 2.43. The number of nitrogens with two attached hydrogens (primary N) is 1. The van der Waals surface area contributed by atoms with Crippen LogP contribution in [-0.4, -0.2) is 10.9 Å². The lowest BCUT2D eigenvalue weighted by atomic mass is 10.2. The number of amides is 1. The molecule has 2 heterocycles. The molecule has 0 saturated heterocycles. The maximum Gasteiger partial charge on any atom is 0.268 e. The molecule has 0 aliphatic rings. The molecule has 0 bridgehead atoms. The highest BCUT2D eigenvalue weighted by atomic mass is 32.1. The maximum atomic E-state index is 13.5. The number of fused-ring (bicyclic) bond motifs is 1. The Morgan fingerprint density at radius 1 is 1.29 bits per heavy atom. The zero-order chi connectivity index (χ0) is 15.0. The Kier molecular flexibility index (Phi) is 3.26. The molecule has 3 aromatic rings. The second-order valence-corrected chi connectivity index (χ2v) is 5.28. The topological polar surface area (TPSA) is 68.0 Å². The van der Waals surface area contributed by atoms with Gasteiger partial charge in [-0.3, -0.25) is 4.79 Å². The predicted octanol–water partition coefficient (Wildman–Crippen LogP) is 3.41. The van der Waals surface area contributed by atoms with Gasteiger partial charge in [0, 0.05) is 17.6 Å². The van der Waals surface area contributed by atoms with E-state index in [-0.39, 0.29) is 10.6 Å². The summed E-state index contributed by atoms with van der Waals surface area (Å²) in [6.45, 7) is 0. The van der Waals surface area contributed by atoms with Crippen LogP contribution in [0.2, 0.25) is 0 Å². The summed E-state index contributed by atoms with van der Waals surface area (Å²) in [5.41, 5.74) is 6.10. The molecule has 0 saturated carbocycles. The van der Waals surface area contributed by atoms with E-state index in [4.69, 9.17) is 5.73 Å². The molecule has 3 N–H and O–H groups in total. The number of hydrogen-bond acceptors (Lipinski definition) is 4. The van der Waals surface area contributed by atoms with Gasteiger partial charge >= 0.3 is 0 Å². The largest absolute Gasteiger partial charge is 0.397 e. The molecule has 4 nitrogen and oxygen atoms in total. The first kappa shape index (κ1) is 13.4. The summed E-state index contributed by atoms with van der Waals surface area (Å²) in [4.78, 5) is 17.2. The number of pyridine rings is 1. The van der Waals surface area contributed by atoms with E-state index < -0.39 is 17.5 Å². The fraction of sp³-hybridized carbons (Fsp3) is 0. The molecule has 2 aromatic heterocycles. The van der Waals surface area contributed by atoms with Gasteiger partial charge in [0.1, 0.15) is 21.3 Å². The highest BCUT2D eigenvalue weighted by Gasteiger charge is 2.18. The van der Waals surface area contributed by atoms with Crippen molar-refractivity contribution in [1.82, 2.24) is 4.98 Å². The molecule has 3 rings (SSSR count). The van der Waals surface area contributed by atoms with Crippen molar-refractivity contribution in [2.24, 2.45) is 0 Å². The van der Waals surface area contributed by atoms with Gasteiger partial charge < -0.3 is 11.1 Å². The van der Waals surface area contributed by atoms with Crippen LogP contribution in [0, 0.1) is 11.6 Å². The van der Waals surface area contributed by atoms with Gasteiger partial charge in [0.05, 0.1) is 11.4 Å². The highest BCUT2D eigenvalue weighted by Crippen LogP contribution is 2.32. The zero-order valence-electron chi connectivity index (χ0n) is 10.6. The van der Waals surface area contributed by atoms with E-state index in [2.05, 4.69) is 10.3 Å². The first-order valence-electron chi connectivity index (χ1n) is 5.95. The summed E-state index contributed by atoms with van der Waals surface area (Å²) >= 11 is 1.12. The van der Waals surface area contributed by atoms with Crippen LogP contribution in [0.25, 0.3) is 10.2 Å². The maximum absolute atomic E-state index is 13.5. The van der Waals surface area contributed by atoms with Crippen molar-refractivity contribution < 1.29 is 13.6 Å². The number of halogens is 2. The van der Waals surface area contributed by atoms with Crippen LogP contribution in [0.15, 0.2) is 36.5 Å². The Bertz CT molecular complexity index is 847. The van der Waals surface area contributed by atoms with E-state index in [9.17, 15) is 13.6 Å². The smallest absolute Gasteiger partial charge is 0.268 e. The van der Waals surface area contributed by atoms with Gasteiger partial charge in [-0.15, -0.1) is 11.3 Å². The Labute approximate surface area is 122 Å². The third-order valence-corrected chi connectivity index (χ3v) is 4.02. The van der Waals surface area contributed by atoms with Crippen LogP contribution in [0.1, 0.15) is 9.67 Å². The molecule has 0 aliphatic heterocycles. The molecule has 0 aliphatic carbocycles. The number of hydrogen-bond donors (Lipinski definition) is 2. The average Bonchev–Trinajstić information content (AvgIpc) is 2.80. The van der Waals surface area contributed by atoms with E-state index in [0.717, 1.165) is 23.5 Å².